The zero-order valence-electron chi connectivity index (χ0n) is 15.0. The van der Waals surface area contributed by atoms with Gasteiger partial charge in [0.25, 0.3) is 0 Å². The van der Waals surface area contributed by atoms with E-state index in [1.165, 1.54) is 16.2 Å². The maximum absolute atomic E-state index is 11.9. The molecule has 0 aliphatic heterocycles. The summed E-state index contributed by atoms with van der Waals surface area (Å²) in [4.78, 5) is 15.6. The molecule has 0 saturated heterocycles. The van der Waals surface area contributed by atoms with Gasteiger partial charge in [0.2, 0.25) is 0 Å². The number of anilines is 1. The zero-order chi connectivity index (χ0) is 17.7. The molecule has 5 nitrogen and oxygen atoms in total. The molecule has 1 aromatic heterocycles. The lowest BCUT2D eigenvalue weighted by Gasteiger charge is -2.24. The predicted octanol–water partition coefficient (Wildman–Crippen LogP) is 3.23. The van der Waals surface area contributed by atoms with Gasteiger partial charge in [-0.1, -0.05) is 26.0 Å². The topological polar surface area (TPSA) is 70.1 Å². The van der Waals surface area contributed by atoms with Crippen LogP contribution in [0.5, 0.6) is 0 Å². The molecule has 1 heterocycles. The number of benzene rings is 1. The number of aromatic nitrogens is 2. The summed E-state index contributed by atoms with van der Waals surface area (Å²) >= 11 is 0. The Hall–Kier alpha value is -1.92. The molecule has 0 spiro atoms. The average Bonchev–Trinajstić information content (AvgIpc) is 2.47. The van der Waals surface area contributed by atoms with E-state index in [0.29, 0.717) is 5.92 Å². The highest BCUT2D eigenvalue weighted by atomic mass is 28.4. The monoisotopic (exact) mass is 345 g/mol. The van der Waals surface area contributed by atoms with Gasteiger partial charge in [-0.2, -0.15) is 4.98 Å². The van der Waals surface area contributed by atoms with E-state index >= 15 is 0 Å². The Morgan fingerprint density at radius 2 is 1.88 bits per heavy atom. The minimum Gasteiger partial charge on any atom is -0.417 e. The molecule has 1 aromatic carbocycles. The van der Waals surface area contributed by atoms with Crippen molar-refractivity contribution >= 4 is 14.1 Å². The normalized spacial score (nSPS) is 11.9. The molecule has 0 radical (unpaired) electrons. The molecule has 0 aliphatic carbocycles. The molecule has 6 heteroatoms. The first-order valence-corrected chi connectivity index (χ1v) is 11.5. The van der Waals surface area contributed by atoms with Crippen molar-refractivity contribution in [2.24, 2.45) is 5.92 Å². The summed E-state index contributed by atoms with van der Waals surface area (Å²) in [7, 11) is -1.56. The summed E-state index contributed by atoms with van der Waals surface area (Å²) in [5, 5.41) is 0. The second kappa shape index (κ2) is 7.77. The second-order valence-electron chi connectivity index (χ2n) is 7.13. The van der Waals surface area contributed by atoms with Crippen molar-refractivity contribution in [1.29, 1.82) is 0 Å². The van der Waals surface area contributed by atoms with Crippen LogP contribution in [0.3, 0.4) is 0 Å². The SMILES string of the molecule is CC(C)C[Si](C)(C)OCCc1ccc(-n2ccc(N)nc2=O)cc1. The van der Waals surface area contributed by atoms with Gasteiger partial charge in [0.05, 0.1) is 5.69 Å². The number of hydrogen-bond donors (Lipinski definition) is 1. The number of nitrogens with zero attached hydrogens (tertiary/aromatic N) is 2. The maximum Gasteiger partial charge on any atom is 0.354 e. The molecule has 130 valence electrons. The summed E-state index contributed by atoms with van der Waals surface area (Å²) in [6, 6.07) is 10.7. The molecular weight excluding hydrogens is 318 g/mol. The third-order valence-electron chi connectivity index (χ3n) is 3.82. The van der Waals surface area contributed by atoms with E-state index in [0.717, 1.165) is 18.7 Å². The first kappa shape index (κ1) is 18.4. The third kappa shape index (κ3) is 5.32. The van der Waals surface area contributed by atoms with Crippen LogP contribution in [0.1, 0.15) is 19.4 Å². The van der Waals surface area contributed by atoms with Crippen LogP contribution >= 0.6 is 0 Å². The van der Waals surface area contributed by atoms with Gasteiger partial charge in [-0.05, 0) is 55.2 Å². The van der Waals surface area contributed by atoms with Gasteiger partial charge in [0, 0.05) is 12.8 Å². The Labute approximate surface area is 144 Å². The third-order valence-corrected chi connectivity index (χ3v) is 6.61. The van der Waals surface area contributed by atoms with Crippen molar-refractivity contribution in [3.8, 4) is 5.69 Å². The second-order valence-corrected chi connectivity index (χ2v) is 11.3. The van der Waals surface area contributed by atoms with E-state index in [1.807, 2.05) is 24.3 Å². The summed E-state index contributed by atoms with van der Waals surface area (Å²) in [6.07, 6.45) is 2.52. The highest BCUT2D eigenvalue weighted by molar-refractivity contribution is 6.71. The minimum absolute atomic E-state index is 0.234. The van der Waals surface area contributed by atoms with Crippen molar-refractivity contribution in [3.63, 3.8) is 0 Å². The molecule has 2 aromatic rings. The van der Waals surface area contributed by atoms with Crippen LogP contribution in [0.4, 0.5) is 5.82 Å². The van der Waals surface area contributed by atoms with E-state index in [1.54, 1.807) is 12.3 Å². The Morgan fingerprint density at radius 1 is 1.21 bits per heavy atom. The van der Waals surface area contributed by atoms with Gasteiger partial charge in [-0.15, -0.1) is 0 Å². The summed E-state index contributed by atoms with van der Waals surface area (Å²) < 4.78 is 7.63. The zero-order valence-corrected chi connectivity index (χ0v) is 16.0. The lowest BCUT2D eigenvalue weighted by atomic mass is 10.1. The van der Waals surface area contributed by atoms with Crippen LogP contribution in [0, 0.1) is 5.92 Å². The van der Waals surface area contributed by atoms with E-state index in [4.69, 9.17) is 10.2 Å². The van der Waals surface area contributed by atoms with Crippen molar-refractivity contribution in [2.45, 2.75) is 39.4 Å². The molecule has 0 fully saturated rings. The van der Waals surface area contributed by atoms with Gasteiger partial charge >= 0.3 is 5.69 Å². The van der Waals surface area contributed by atoms with Gasteiger partial charge < -0.3 is 10.2 Å². The van der Waals surface area contributed by atoms with Crippen LogP contribution in [-0.2, 0) is 10.8 Å². The Morgan fingerprint density at radius 3 is 2.46 bits per heavy atom. The van der Waals surface area contributed by atoms with Crippen LogP contribution in [0.25, 0.3) is 5.69 Å². The van der Waals surface area contributed by atoms with Crippen LogP contribution in [-0.4, -0.2) is 24.5 Å². The highest BCUT2D eigenvalue weighted by Crippen LogP contribution is 2.18. The molecule has 24 heavy (non-hydrogen) atoms. The first-order valence-electron chi connectivity index (χ1n) is 8.35. The molecule has 0 bridgehead atoms. The predicted molar refractivity (Wildman–Crippen MR) is 101 cm³/mol. The Bertz CT molecular complexity index is 724. The largest absolute Gasteiger partial charge is 0.417 e. The number of nitrogen functional groups attached to an aromatic ring is 1. The molecule has 2 rings (SSSR count). The van der Waals surface area contributed by atoms with Gasteiger partial charge in [-0.3, -0.25) is 4.57 Å². The number of nitrogens with two attached hydrogens (primary N) is 1. The van der Waals surface area contributed by atoms with E-state index in [2.05, 4.69) is 31.9 Å². The molecule has 0 atom stereocenters. The van der Waals surface area contributed by atoms with Gasteiger partial charge in [0.15, 0.2) is 8.32 Å². The maximum atomic E-state index is 11.9. The lowest BCUT2D eigenvalue weighted by molar-refractivity contribution is 0.307. The fourth-order valence-electron chi connectivity index (χ4n) is 2.92. The molecule has 0 aliphatic rings. The van der Waals surface area contributed by atoms with Crippen LogP contribution in [0.2, 0.25) is 19.1 Å². The highest BCUT2D eigenvalue weighted by Gasteiger charge is 2.23. The van der Waals surface area contributed by atoms with E-state index in [-0.39, 0.29) is 11.5 Å². The molecule has 0 unspecified atom stereocenters. The molecule has 2 N–H and O–H groups in total. The van der Waals surface area contributed by atoms with Crippen molar-refractivity contribution in [1.82, 2.24) is 9.55 Å². The minimum atomic E-state index is -1.56. The lowest BCUT2D eigenvalue weighted by Crippen LogP contribution is -2.32. The van der Waals surface area contributed by atoms with E-state index in [9.17, 15) is 4.79 Å². The van der Waals surface area contributed by atoms with Crippen molar-refractivity contribution in [3.05, 3.63) is 52.6 Å². The molecular formula is C18H27N3O2Si. The van der Waals surface area contributed by atoms with Gasteiger partial charge in [-0.25, -0.2) is 4.79 Å². The fraction of sp³-hybridized carbons (Fsp3) is 0.444. The smallest absolute Gasteiger partial charge is 0.354 e. The van der Waals surface area contributed by atoms with Crippen molar-refractivity contribution in [2.75, 3.05) is 12.3 Å². The van der Waals surface area contributed by atoms with Crippen molar-refractivity contribution < 1.29 is 4.43 Å². The first-order chi connectivity index (χ1) is 11.3. The summed E-state index contributed by atoms with van der Waals surface area (Å²) in [5.74, 6) is 0.913. The standard InChI is InChI=1S/C18H27N3O2Si/c1-14(2)13-24(3,4)23-12-10-15-5-7-16(8-6-15)21-11-9-17(19)20-18(21)22/h5-9,11,14H,10,12-13H2,1-4H3,(H2,19,20,22). The number of rotatable bonds is 7. The van der Waals surface area contributed by atoms with Crippen LogP contribution < -0.4 is 11.4 Å². The summed E-state index contributed by atoms with van der Waals surface area (Å²) in [5.41, 5.74) is 7.13. The van der Waals surface area contributed by atoms with Crippen LogP contribution in [0.15, 0.2) is 41.3 Å². The molecule has 0 saturated carbocycles. The summed E-state index contributed by atoms with van der Waals surface area (Å²) in [6.45, 7) is 9.78. The quantitative estimate of drug-likeness (QED) is 0.782. The average molecular weight is 346 g/mol. The molecule has 0 amide bonds. The van der Waals surface area contributed by atoms with Gasteiger partial charge in [0.1, 0.15) is 5.82 Å². The Kier molecular flexibility index (Phi) is 5.96. The Balaban J connectivity index is 1.96. The van der Waals surface area contributed by atoms with E-state index < -0.39 is 8.32 Å². The number of hydrogen-bond acceptors (Lipinski definition) is 4. The fourth-order valence-corrected chi connectivity index (χ4v) is 5.66.